The van der Waals surface area contributed by atoms with E-state index in [1.807, 2.05) is 19.9 Å². The maximum atomic E-state index is 10.4. The number of nitrogens with two attached hydrogens (primary N) is 1. The lowest BCUT2D eigenvalue weighted by Crippen LogP contribution is -2.30. The first kappa shape index (κ1) is 13.2. The molecule has 18 heavy (non-hydrogen) atoms. The van der Waals surface area contributed by atoms with Gasteiger partial charge in [-0.15, -0.1) is 0 Å². The van der Waals surface area contributed by atoms with E-state index in [0.717, 1.165) is 35.3 Å². The first-order valence-corrected chi connectivity index (χ1v) is 6.13. The van der Waals surface area contributed by atoms with E-state index in [-0.39, 0.29) is 0 Å². The van der Waals surface area contributed by atoms with Crippen LogP contribution in [0.4, 0.5) is 0 Å². The monoisotopic (exact) mass is 251 g/mol. The molecule has 100 valence electrons. The average Bonchev–Trinajstić information content (AvgIpc) is 3.11. The maximum absolute atomic E-state index is 10.4. The molecule has 1 aliphatic rings. The SMILES string of the molecule is COc1cc(C(O)C2(N)CC2)c(OC)c(C)c1C. The number of aliphatic hydroxyl groups excluding tert-OH is 1. The quantitative estimate of drug-likeness (QED) is 0.857. The Morgan fingerprint density at radius 3 is 2.28 bits per heavy atom. The summed E-state index contributed by atoms with van der Waals surface area (Å²) in [7, 11) is 3.24. The number of aliphatic hydroxyl groups is 1. The first-order chi connectivity index (χ1) is 8.44. The standard InChI is InChI=1S/C14H21NO3/c1-8-9(2)12(18-4)10(7-11(8)17-3)13(16)14(15)5-6-14/h7,13,16H,5-6,15H2,1-4H3. The van der Waals surface area contributed by atoms with Gasteiger partial charge in [-0.05, 0) is 43.9 Å². The molecule has 4 heteroatoms. The van der Waals surface area contributed by atoms with Gasteiger partial charge in [0.2, 0.25) is 0 Å². The molecule has 0 aromatic heterocycles. The summed E-state index contributed by atoms with van der Waals surface area (Å²) in [6.07, 6.45) is 0.972. The zero-order chi connectivity index (χ0) is 13.5. The number of hydrogen-bond acceptors (Lipinski definition) is 4. The van der Waals surface area contributed by atoms with Crippen LogP contribution in [-0.4, -0.2) is 24.9 Å². The van der Waals surface area contributed by atoms with Crippen LogP contribution in [0.15, 0.2) is 6.07 Å². The molecular weight excluding hydrogens is 230 g/mol. The van der Waals surface area contributed by atoms with Crippen molar-refractivity contribution in [2.75, 3.05) is 14.2 Å². The van der Waals surface area contributed by atoms with Crippen LogP contribution in [0.3, 0.4) is 0 Å². The van der Waals surface area contributed by atoms with Crippen LogP contribution in [0.5, 0.6) is 11.5 Å². The fourth-order valence-electron chi connectivity index (χ4n) is 2.30. The fourth-order valence-corrected chi connectivity index (χ4v) is 2.30. The molecule has 1 atom stereocenters. The van der Waals surface area contributed by atoms with Crippen molar-refractivity contribution in [3.63, 3.8) is 0 Å². The van der Waals surface area contributed by atoms with Crippen LogP contribution in [0.2, 0.25) is 0 Å². The molecule has 0 saturated heterocycles. The first-order valence-electron chi connectivity index (χ1n) is 6.13. The summed E-state index contributed by atoms with van der Waals surface area (Å²) in [4.78, 5) is 0. The van der Waals surface area contributed by atoms with Gasteiger partial charge in [0.1, 0.15) is 17.6 Å². The number of rotatable bonds is 4. The van der Waals surface area contributed by atoms with E-state index in [1.54, 1.807) is 14.2 Å². The third-order valence-corrected chi connectivity index (χ3v) is 3.91. The van der Waals surface area contributed by atoms with Gasteiger partial charge in [0.25, 0.3) is 0 Å². The highest BCUT2D eigenvalue weighted by atomic mass is 16.5. The van der Waals surface area contributed by atoms with E-state index in [1.165, 1.54) is 0 Å². The number of methoxy groups -OCH3 is 2. The van der Waals surface area contributed by atoms with E-state index in [0.29, 0.717) is 5.75 Å². The number of hydrogen-bond donors (Lipinski definition) is 2. The van der Waals surface area contributed by atoms with E-state index in [4.69, 9.17) is 15.2 Å². The summed E-state index contributed by atoms with van der Waals surface area (Å²) in [6.45, 7) is 3.94. The molecule has 3 N–H and O–H groups in total. The Morgan fingerprint density at radius 1 is 1.22 bits per heavy atom. The predicted octanol–water partition coefficient (Wildman–Crippen LogP) is 1.85. The van der Waals surface area contributed by atoms with E-state index < -0.39 is 11.6 Å². The molecule has 1 fully saturated rings. The average molecular weight is 251 g/mol. The largest absolute Gasteiger partial charge is 0.496 e. The van der Waals surface area contributed by atoms with Crippen molar-refractivity contribution in [2.24, 2.45) is 5.73 Å². The van der Waals surface area contributed by atoms with Crippen LogP contribution in [-0.2, 0) is 0 Å². The summed E-state index contributed by atoms with van der Waals surface area (Å²) < 4.78 is 10.8. The van der Waals surface area contributed by atoms with Gasteiger partial charge >= 0.3 is 0 Å². The molecule has 0 spiro atoms. The summed E-state index contributed by atoms with van der Waals surface area (Å²) in [5.74, 6) is 1.46. The Labute approximate surface area is 108 Å². The second kappa shape index (κ2) is 4.44. The van der Waals surface area contributed by atoms with Crippen LogP contribution in [0.1, 0.15) is 35.6 Å². The summed E-state index contributed by atoms with van der Waals surface area (Å²) >= 11 is 0. The highest BCUT2D eigenvalue weighted by Crippen LogP contribution is 2.47. The minimum atomic E-state index is -0.708. The van der Waals surface area contributed by atoms with E-state index >= 15 is 0 Å². The molecule has 0 bridgehead atoms. The van der Waals surface area contributed by atoms with Crippen LogP contribution in [0, 0.1) is 13.8 Å². The lowest BCUT2D eigenvalue weighted by molar-refractivity contribution is 0.132. The van der Waals surface area contributed by atoms with Crippen molar-refractivity contribution in [3.8, 4) is 11.5 Å². The van der Waals surface area contributed by atoms with Crippen molar-refractivity contribution >= 4 is 0 Å². The minimum absolute atomic E-state index is 0.500. The molecule has 1 aromatic rings. The molecule has 2 rings (SSSR count). The number of benzene rings is 1. The molecule has 0 radical (unpaired) electrons. The maximum Gasteiger partial charge on any atom is 0.128 e. The van der Waals surface area contributed by atoms with Crippen LogP contribution >= 0.6 is 0 Å². The third kappa shape index (κ3) is 1.95. The summed E-state index contributed by atoms with van der Waals surface area (Å²) in [5, 5.41) is 10.4. The zero-order valence-corrected chi connectivity index (χ0v) is 11.4. The molecule has 1 unspecified atom stereocenters. The van der Waals surface area contributed by atoms with Gasteiger partial charge < -0.3 is 20.3 Å². The molecule has 0 heterocycles. The van der Waals surface area contributed by atoms with Crippen LogP contribution in [0.25, 0.3) is 0 Å². The normalized spacial score (nSPS) is 18.3. The van der Waals surface area contributed by atoms with Crippen LogP contribution < -0.4 is 15.2 Å². The Balaban J connectivity index is 2.54. The molecule has 1 aromatic carbocycles. The highest BCUT2D eigenvalue weighted by molar-refractivity contribution is 5.54. The van der Waals surface area contributed by atoms with Gasteiger partial charge in [0.15, 0.2) is 0 Å². The lowest BCUT2D eigenvalue weighted by atomic mass is 9.95. The second-order valence-corrected chi connectivity index (χ2v) is 5.09. The van der Waals surface area contributed by atoms with Crippen molar-refractivity contribution in [1.29, 1.82) is 0 Å². The second-order valence-electron chi connectivity index (χ2n) is 5.09. The topological polar surface area (TPSA) is 64.7 Å². The van der Waals surface area contributed by atoms with E-state index in [2.05, 4.69) is 0 Å². The molecule has 1 aliphatic carbocycles. The lowest BCUT2D eigenvalue weighted by Gasteiger charge is -2.23. The van der Waals surface area contributed by atoms with Gasteiger partial charge in [-0.1, -0.05) is 0 Å². The van der Waals surface area contributed by atoms with Crippen molar-refractivity contribution < 1.29 is 14.6 Å². The van der Waals surface area contributed by atoms with Crippen molar-refractivity contribution in [2.45, 2.75) is 38.3 Å². The molecule has 4 nitrogen and oxygen atoms in total. The van der Waals surface area contributed by atoms with Gasteiger partial charge in [-0.3, -0.25) is 0 Å². The van der Waals surface area contributed by atoms with E-state index in [9.17, 15) is 5.11 Å². The number of ether oxygens (including phenoxy) is 2. The Kier molecular flexibility index (Phi) is 3.25. The molecule has 0 aliphatic heterocycles. The minimum Gasteiger partial charge on any atom is -0.496 e. The highest BCUT2D eigenvalue weighted by Gasteiger charge is 2.47. The summed E-state index contributed by atoms with van der Waals surface area (Å²) in [5.41, 5.74) is 8.30. The fraction of sp³-hybridized carbons (Fsp3) is 0.571. The van der Waals surface area contributed by atoms with Gasteiger partial charge in [0, 0.05) is 11.1 Å². The van der Waals surface area contributed by atoms with Crippen molar-refractivity contribution in [1.82, 2.24) is 0 Å². The van der Waals surface area contributed by atoms with Gasteiger partial charge in [0.05, 0.1) is 14.2 Å². The molecular formula is C14H21NO3. The Bertz CT molecular complexity index is 467. The molecule has 1 saturated carbocycles. The van der Waals surface area contributed by atoms with Gasteiger partial charge in [-0.2, -0.15) is 0 Å². The van der Waals surface area contributed by atoms with Gasteiger partial charge in [-0.25, -0.2) is 0 Å². The smallest absolute Gasteiger partial charge is 0.128 e. The third-order valence-electron chi connectivity index (χ3n) is 3.91. The summed E-state index contributed by atoms with van der Waals surface area (Å²) in [6, 6.07) is 1.83. The Hall–Kier alpha value is -1.26. The Morgan fingerprint density at radius 2 is 1.83 bits per heavy atom. The van der Waals surface area contributed by atoms with Crippen molar-refractivity contribution in [3.05, 3.63) is 22.8 Å². The molecule has 0 amide bonds. The zero-order valence-electron chi connectivity index (χ0n) is 11.4. The predicted molar refractivity (Wildman–Crippen MR) is 70.1 cm³/mol.